The van der Waals surface area contributed by atoms with Crippen molar-refractivity contribution < 1.29 is 5.11 Å². The van der Waals surface area contributed by atoms with Crippen molar-refractivity contribution in [2.45, 2.75) is 26.2 Å². The highest BCUT2D eigenvalue weighted by molar-refractivity contribution is 8.23. The number of hydrogen-bond donors (Lipinski definition) is 2. The number of aliphatic imine (C=N–C) groups is 1. The number of hydrogen-bond acceptors (Lipinski definition) is 7. The van der Waals surface area contributed by atoms with Gasteiger partial charge in [0.2, 0.25) is 0 Å². The molecule has 1 aliphatic carbocycles. The largest absolute Gasteiger partial charge is 0.507 e. The monoisotopic (exact) mass is 438 g/mol. The van der Waals surface area contributed by atoms with Crippen molar-refractivity contribution in [3.63, 3.8) is 0 Å². The molecule has 0 bridgehead atoms. The van der Waals surface area contributed by atoms with Gasteiger partial charge in [0.15, 0.2) is 0 Å². The van der Waals surface area contributed by atoms with E-state index < -0.39 is 0 Å². The Labute approximate surface area is 187 Å². The topological polar surface area (TPSA) is 69.3 Å². The van der Waals surface area contributed by atoms with Gasteiger partial charge >= 0.3 is 0 Å². The molecular weight excluding hydrogens is 412 g/mol. The maximum atomic E-state index is 10.1. The number of phenolic OH excluding ortho intramolecular Hbond substituents is 1. The fourth-order valence-electron chi connectivity index (χ4n) is 3.16. The summed E-state index contributed by atoms with van der Waals surface area (Å²) in [5.41, 5.74) is 5.80. The molecule has 0 saturated heterocycles. The molecule has 2 aromatic rings. The van der Waals surface area contributed by atoms with Crippen molar-refractivity contribution in [2.75, 3.05) is 19.3 Å². The van der Waals surface area contributed by atoms with Gasteiger partial charge in [0, 0.05) is 24.0 Å². The molecule has 0 saturated carbocycles. The van der Waals surface area contributed by atoms with Crippen molar-refractivity contribution in [3.05, 3.63) is 64.9 Å². The van der Waals surface area contributed by atoms with Crippen molar-refractivity contribution in [1.82, 2.24) is 5.32 Å². The molecule has 0 aliphatic heterocycles. The van der Waals surface area contributed by atoms with Crippen molar-refractivity contribution in [1.29, 1.82) is 0 Å². The van der Waals surface area contributed by atoms with E-state index >= 15 is 0 Å². The van der Waals surface area contributed by atoms with Gasteiger partial charge in [0.1, 0.15) is 5.75 Å². The number of azo groups is 1. The second-order valence-corrected chi connectivity index (χ2v) is 8.53. The Morgan fingerprint density at radius 1 is 1.13 bits per heavy atom. The van der Waals surface area contributed by atoms with Crippen LogP contribution in [-0.2, 0) is 0 Å². The van der Waals surface area contributed by atoms with Crippen LogP contribution in [0.1, 0.15) is 30.4 Å². The smallest absolute Gasteiger partial charge is 0.124 e. The Morgan fingerprint density at radius 2 is 1.87 bits per heavy atom. The van der Waals surface area contributed by atoms with Crippen molar-refractivity contribution >= 4 is 45.8 Å². The molecule has 0 spiro atoms. The van der Waals surface area contributed by atoms with Gasteiger partial charge in [-0.2, -0.15) is 10.2 Å². The van der Waals surface area contributed by atoms with Gasteiger partial charge in [0.05, 0.1) is 22.1 Å². The molecule has 30 heavy (non-hydrogen) atoms. The molecule has 0 atom stereocenters. The highest BCUT2D eigenvalue weighted by Gasteiger charge is 2.17. The molecule has 7 heteroatoms. The lowest BCUT2D eigenvalue weighted by molar-refractivity contribution is 0.474. The summed E-state index contributed by atoms with van der Waals surface area (Å²) in [6, 6.07) is 13.0. The summed E-state index contributed by atoms with van der Waals surface area (Å²) in [4.78, 5) is 4.44. The number of rotatable bonds is 8. The summed E-state index contributed by atoms with van der Waals surface area (Å²) in [7, 11) is 0. The highest BCUT2D eigenvalue weighted by atomic mass is 32.2. The van der Waals surface area contributed by atoms with Crippen LogP contribution in [0.5, 0.6) is 5.75 Å². The lowest BCUT2D eigenvalue weighted by Gasteiger charge is -2.09. The van der Waals surface area contributed by atoms with E-state index in [0.29, 0.717) is 17.8 Å². The Balaban J connectivity index is 1.57. The summed E-state index contributed by atoms with van der Waals surface area (Å²) in [5, 5.41) is 22.1. The maximum absolute atomic E-state index is 10.1. The first-order chi connectivity index (χ1) is 14.6. The summed E-state index contributed by atoms with van der Waals surface area (Å²) >= 11 is 7.07. The lowest BCUT2D eigenvalue weighted by atomic mass is 10.2. The average Bonchev–Trinajstić information content (AvgIpc) is 3.23. The van der Waals surface area contributed by atoms with Crippen LogP contribution in [0.3, 0.4) is 0 Å². The highest BCUT2D eigenvalue weighted by Crippen LogP contribution is 2.28. The van der Waals surface area contributed by atoms with Crippen molar-refractivity contribution in [2.24, 2.45) is 15.2 Å². The number of benzene rings is 2. The van der Waals surface area contributed by atoms with Crippen LogP contribution in [0.2, 0.25) is 0 Å². The number of phenols is 1. The summed E-state index contributed by atoms with van der Waals surface area (Å²) in [6.07, 6.45) is 6.96. The molecule has 5 nitrogen and oxygen atoms in total. The van der Waals surface area contributed by atoms with E-state index in [2.05, 4.69) is 20.5 Å². The fraction of sp³-hybridized carbons (Fsp3) is 0.304. The number of nitrogens with one attached hydrogen (secondary N) is 1. The number of thioether (sulfide) groups is 1. The third-order valence-corrected chi connectivity index (χ3v) is 6.15. The zero-order valence-corrected chi connectivity index (χ0v) is 18.9. The predicted octanol–water partition coefficient (Wildman–Crippen LogP) is 6.25. The molecule has 156 valence electrons. The number of thiocarbonyl (C=S) groups is 1. The summed E-state index contributed by atoms with van der Waals surface area (Å²) < 4.78 is 0.986. The third kappa shape index (κ3) is 6.24. The minimum Gasteiger partial charge on any atom is -0.507 e. The number of aryl methyl sites for hydroxylation is 1. The number of nitrogens with zero attached hydrogens (tertiary/aromatic N) is 3. The van der Waals surface area contributed by atoms with Gasteiger partial charge in [-0.25, -0.2) is 0 Å². The second-order valence-electron chi connectivity index (χ2n) is 7.04. The molecular formula is C23H26N4OS2. The first-order valence-electron chi connectivity index (χ1n) is 9.92. The van der Waals surface area contributed by atoms with Gasteiger partial charge in [-0.05, 0) is 68.3 Å². The molecule has 0 heterocycles. The van der Waals surface area contributed by atoms with Crippen LogP contribution < -0.4 is 5.32 Å². The van der Waals surface area contributed by atoms with E-state index in [0.717, 1.165) is 35.7 Å². The number of allylic oxidation sites excluding steroid dienone is 1. The SMILES string of the molecule is CSC(=S)C1=C(NCCN=Cc2cc(N=Nc3ccc(C)cc3)ccc2O)CCC1. The van der Waals surface area contributed by atoms with Gasteiger partial charge in [-0.15, -0.1) is 11.8 Å². The van der Waals surface area contributed by atoms with E-state index in [9.17, 15) is 5.11 Å². The van der Waals surface area contributed by atoms with Crippen LogP contribution in [0.15, 0.2) is 69.0 Å². The Bertz CT molecular complexity index is 981. The number of aromatic hydroxyl groups is 1. The van der Waals surface area contributed by atoms with Gasteiger partial charge in [-0.1, -0.05) is 29.9 Å². The zero-order valence-electron chi connectivity index (χ0n) is 17.3. The van der Waals surface area contributed by atoms with Crippen LogP contribution >= 0.6 is 24.0 Å². The first-order valence-corrected chi connectivity index (χ1v) is 11.6. The summed E-state index contributed by atoms with van der Waals surface area (Å²) in [6.45, 7) is 3.38. The van der Waals surface area contributed by atoms with Gasteiger partial charge in [-0.3, -0.25) is 4.99 Å². The molecule has 0 radical (unpaired) electrons. The fourth-order valence-corrected chi connectivity index (χ4v) is 3.85. The van der Waals surface area contributed by atoms with Crippen LogP contribution in [0.4, 0.5) is 11.4 Å². The molecule has 0 amide bonds. The standard InChI is InChI=1S/C23H26N4OS2/c1-16-6-8-18(9-7-16)26-27-19-10-11-22(28)17(14-19)15-24-12-13-25-21-5-3-4-20(21)23(29)30-2/h6-11,14-15,25,28H,3-5,12-13H2,1-2H3. The van der Waals surface area contributed by atoms with Crippen LogP contribution in [0.25, 0.3) is 0 Å². The minimum atomic E-state index is 0.173. The van der Waals surface area contributed by atoms with E-state index in [4.69, 9.17) is 12.2 Å². The zero-order chi connectivity index (χ0) is 21.3. The van der Waals surface area contributed by atoms with Gasteiger partial charge < -0.3 is 10.4 Å². The lowest BCUT2D eigenvalue weighted by Crippen LogP contribution is -2.18. The van der Waals surface area contributed by atoms with Crippen LogP contribution in [0, 0.1) is 6.92 Å². The molecule has 0 fully saturated rings. The average molecular weight is 439 g/mol. The molecule has 0 aromatic heterocycles. The molecule has 1 aliphatic rings. The molecule has 0 unspecified atom stereocenters. The normalized spacial score (nSPS) is 14.2. The van der Waals surface area contributed by atoms with E-state index in [1.165, 1.54) is 16.8 Å². The maximum Gasteiger partial charge on any atom is 0.124 e. The second kappa shape index (κ2) is 11.0. The minimum absolute atomic E-state index is 0.173. The Hall–Kier alpha value is -2.51. The van der Waals surface area contributed by atoms with Gasteiger partial charge in [0.25, 0.3) is 0 Å². The van der Waals surface area contributed by atoms with E-state index in [-0.39, 0.29) is 5.75 Å². The quantitative estimate of drug-likeness (QED) is 0.221. The van der Waals surface area contributed by atoms with E-state index in [1.54, 1.807) is 36.2 Å². The first kappa shape index (κ1) is 22.2. The summed E-state index contributed by atoms with van der Waals surface area (Å²) in [5.74, 6) is 0.173. The Morgan fingerprint density at radius 3 is 2.63 bits per heavy atom. The Kier molecular flexibility index (Phi) is 8.16. The third-order valence-electron chi connectivity index (χ3n) is 4.79. The molecule has 2 aromatic carbocycles. The van der Waals surface area contributed by atoms with E-state index in [1.807, 2.05) is 37.4 Å². The van der Waals surface area contributed by atoms with Crippen LogP contribution in [-0.4, -0.2) is 34.9 Å². The predicted molar refractivity (Wildman–Crippen MR) is 131 cm³/mol. The van der Waals surface area contributed by atoms with Crippen molar-refractivity contribution in [3.8, 4) is 5.75 Å². The molecule has 2 N–H and O–H groups in total. The molecule has 3 rings (SSSR count).